The van der Waals surface area contributed by atoms with Crippen molar-refractivity contribution < 1.29 is 14.3 Å². The highest BCUT2D eigenvalue weighted by molar-refractivity contribution is 6.27. The Labute approximate surface area is 137 Å². The molecule has 2 fully saturated rings. The van der Waals surface area contributed by atoms with Gasteiger partial charge in [0.15, 0.2) is 0 Å². The molecule has 0 unspecified atom stereocenters. The maximum atomic E-state index is 12.4. The zero-order chi connectivity index (χ0) is 16.3. The highest BCUT2D eigenvalue weighted by atomic mass is 35.5. The van der Waals surface area contributed by atoms with Crippen molar-refractivity contribution in [2.75, 3.05) is 19.0 Å². The lowest BCUT2D eigenvalue weighted by Gasteiger charge is -2.39. The summed E-state index contributed by atoms with van der Waals surface area (Å²) in [5.41, 5.74) is -0.499. The third-order valence-electron chi connectivity index (χ3n) is 4.08. The van der Waals surface area contributed by atoms with Crippen LogP contribution in [0.4, 0.5) is 4.79 Å². The van der Waals surface area contributed by atoms with Crippen LogP contribution in [0.25, 0.3) is 0 Å². The van der Waals surface area contributed by atoms with Gasteiger partial charge in [0.1, 0.15) is 11.5 Å². The second kappa shape index (κ2) is 7.07. The molecule has 126 valence electrons. The van der Waals surface area contributed by atoms with Gasteiger partial charge < -0.3 is 14.5 Å². The number of halogens is 1. The number of nitrogens with zero attached hydrogens (tertiary/aromatic N) is 2. The van der Waals surface area contributed by atoms with E-state index in [4.69, 9.17) is 16.3 Å². The number of hydrogen-bond donors (Lipinski definition) is 0. The van der Waals surface area contributed by atoms with Crippen LogP contribution in [0.2, 0.25) is 0 Å². The summed E-state index contributed by atoms with van der Waals surface area (Å²) in [4.78, 5) is 28.1. The van der Waals surface area contributed by atoms with E-state index < -0.39 is 5.60 Å². The number of likely N-dealkylation sites (tertiary alicyclic amines) is 1. The van der Waals surface area contributed by atoms with E-state index in [0.717, 1.165) is 32.1 Å². The smallest absolute Gasteiger partial charge is 0.410 e. The van der Waals surface area contributed by atoms with Gasteiger partial charge in [-0.05, 0) is 52.9 Å². The van der Waals surface area contributed by atoms with Crippen LogP contribution in [-0.4, -0.2) is 58.5 Å². The van der Waals surface area contributed by atoms with Gasteiger partial charge in [0.05, 0.1) is 6.04 Å². The summed E-state index contributed by atoms with van der Waals surface area (Å²) < 4.78 is 5.51. The van der Waals surface area contributed by atoms with E-state index in [0.29, 0.717) is 19.1 Å². The number of alkyl halides is 1. The maximum absolute atomic E-state index is 12.4. The summed E-state index contributed by atoms with van der Waals surface area (Å²) in [6, 6.07) is 0.352. The first-order valence-electron chi connectivity index (χ1n) is 8.17. The first kappa shape index (κ1) is 17.4. The molecule has 0 spiro atoms. The van der Waals surface area contributed by atoms with E-state index in [9.17, 15) is 9.59 Å². The molecule has 0 radical (unpaired) electrons. The van der Waals surface area contributed by atoms with Crippen molar-refractivity contribution in [3.05, 3.63) is 0 Å². The molecule has 1 aliphatic carbocycles. The van der Waals surface area contributed by atoms with Crippen LogP contribution in [0.1, 0.15) is 52.9 Å². The summed E-state index contributed by atoms with van der Waals surface area (Å²) in [6.07, 6.45) is 4.80. The van der Waals surface area contributed by atoms with Crippen LogP contribution < -0.4 is 0 Å². The Hall–Kier alpha value is -0.970. The average molecular weight is 331 g/mol. The third-order valence-corrected chi connectivity index (χ3v) is 4.31. The van der Waals surface area contributed by atoms with Crippen LogP contribution >= 0.6 is 11.6 Å². The molecule has 2 amide bonds. The molecular formula is C16H27ClN2O3. The Morgan fingerprint density at radius 1 is 1.23 bits per heavy atom. The number of ether oxygens (including phenoxy) is 1. The predicted molar refractivity (Wildman–Crippen MR) is 86.0 cm³/mol. The molecule has 1 aliphatic heterocycles. The van der Waals surface area contributed by atoms with Gasteiger partial charge in [-0.1, -0.05) is 0 Å². The van der Waals surface area contributed by atoms with Crippen molar-refractivity contribution in [2.45, 2.75) is 70.6 Å². The SMILES string of the molecule is CC(C)(C)OC(=O)N1CCCC[C@@H]1CN(C(=O)CCl)C1CC1. The van der Waals surface area contributed by atoms with Crippen molar-refractivity contribution >= 4 is 23.6 Å². The minimum absolute atomic E-state index is 0.00958. The molecule has 1 saturated carbocycles. The van der Waals surface area contributed by atoms with E-state index in [-0.39, 0.29) is 23.9 Å². The molecule has 1 heterocycles. The minimum atomic E-state index is -0.499. The van der Waals surface area contributed by atoms with Gasteiger partial charge in [0.2, 0.25) is 5.91 Å². The van der Waals surface area contributed by atoms with Gasteiger partial charge in [0.25, 0.3) is 0 Å². The Morgan fingerprint density at radius 2 is 1.91 bits per heavy atom. The summed E-state index contributed by atoms with van der Waals surface area (Å²) >= 11 is 5.73. The number of rotatable bonds is 4. The normalized spacial score (nSPS) is 22.4. The van der Waals surface area contributed by atoms with Gasteiger partial charge in [-0.2, -0.15) is 0 Å². The summed E-state index contributed by atoms with van der Waals surface area (Å²) in [5.74, 6) is -0.0192. The summed E-state index contributed by atoms with van der Waals surface area (Å²) in [6.45, 7) is 6.90. The number of amides is 2. The van der Waals surface area contributed by atoms with Crippen LogP contribution in [0.15, 0.2) is 0 Å². The highest BCUT2D eigenvalue weighted by Crippen LogP contribution is 2.29. The third kappa shape index (κ3) is 4.77. The standard InChI is InChI=1S/C16H27ClN2O3/c1-16(2,3)22-15(21)18-9-5-4-6-13(18)11-19(12-7-8-12)14(20)10-17/h12-13H,4-11H2,1-3H3/t13-/m1/s1. The molecular weight excluding hydrogens is 304 g/mol. The molecule has 2 rings (SSSR count). The summed E-state index contributed by atoms with van der Waals surface area (Å²) in [7, 11) is 0. The largest absolute Gasteiger partial charge is 0.444 e. The molecule has 0 bridgehead atoms. The lowest BCUT2D eigenvalue weighted by molar-refractivity contribution is -0.130. The maximum Gasteiger partial charge on any atom is 0.410 e. The molecule has 1 saturated heterocycles. The van der Waals surface area contributed by atoms with Gasteiger partial charge in [0, 0.05) is 19.1 Å². The second-order valence-electron chi connectivity index (χ2n) is 7.23. The van der Waals surface area contributed by atoms with E-state index in [1.165, 1.54) is 0 Å². The molecule has 0 aromatic carbocycles. The first-order chi connectivity index (χ1) is 10.3. The Morgan fingerprint density at radius 3 is 2.45 bits per heavy atom. The first-order valence-corrected chi connectivity index (χ1v) is 8.70. The molecule has 22 heavy (non-hydrogen) atoms. The average Bonchev–Trinajstić information content (AvgIpc) is 3.27. The van der Waals surface area contributed by atoms with Crippen LogP contribution in [-0.2, 0) is 9.53 Å². The lowest BCUT2D eigenvalue weighted by atomic mass is 10.0. The lowest BCUT2D eigenvalue weighted by Crippen LogP contribution is -2.52. The van der Waals surface area contributed by atoms with E-state index in [1.54, 1.807) is 4.90 Å². The molecule has 5 nitrogen and oxygen atoms in total. The zero-order valence-electron chi connectivity index (χ0n) is 13.8. The fourth-order valence-electron chi connectivity index (χ4n) is 2.90. The molecule has 0 aromatic heterocycles. The summed E-state index contributed by atoms with van der Waals surface area (Å²) in [5, 5.41) is 0. The Kier molecular flexibility index (Phi) is 5.59. The van der Waals surface area contributed by atoms with E-state index in [2.05, 4.69) is 0 Å². The van der Waals surface area contributed by atoms with Crippen molar-refractivity contribution in [3.8, 4) is 0 Å². The number of hydrogen-bond acceptors (Lipinski definition) is 3. The number of carbonyl (C=O) groups excluding carboxylic acids is 2. The van der Waals surface area contributed by atoms with Gasteiger partial charge >= 0.3 is 6.09 Å². The van der Waals surface area contributed by atoms with Crippen molar-refractivity contribution in [3.63, 3.8) is 0 Å². The highest BCUT2D eigenvalue weighted by Gasteiger charge is 2.37. The van der Waals surface area contributed by atoms with Crippen molar-refractivity contribution in [2.24, 2.45) is 0 Å². The molecule has 2 aliphatic rings. The van der Waals surface area contributed by atoms with Crippen LogP contribution in [0.5, 0.6) is 0 Å². The van der Waals surface area contributed by atoms with Crippen molar-refractivity contribution in [1.29, 1.82) is 0 Å². The van der Waals surface area contributed by atoms with Crippen molar-refractivity contribution in [1.82, 2.24) is 9.80 Å². The monoisotopic (exact) mass is 330 g/mol. The fraction of sp³-hybridized carbons (Fsp3) is 0.875. The Bertz CT molecular complexity index is 418. The van der Waals surface area contributed by atoms with E-state index >= 15 is 0 Å². The predicted octanol–water partition coefficient (Wildman–Crippen LogP) is 3.01. The number of piperidine rings is 1. The van der Waals surface area contributed by atoms with Crippen LogP contribution in [0, 0.1) is 0 Å². The second-order valence-corrected chi connectivity index (χ2v) is 7.50. The van der Waals surface area contributed by atoms with E-state index in [1.807, 2.05) is 25.7 Å². The fourth-order valence-corrected chi connectivity index (χ4v) is 3.05. The molecule has 0 aromatic rings. The quantitative estimate of drug-likeness (QED) is 0.744. The minimum Gasteiger partial charge on any atom is -0.444 e. The Balaban J connectivity index is 2.02. The number of carbonyl (C=O) groups is 2. The zero-order valence-corrected chi connectivity index (χ0v) is 14.6. The van der Waals surface area contributed by atoms with Crippen LogP contribution in [0.3, 0.4) is 0 Å². The van der Waals surface area contributed by atoms with Gasteiger partial charge in [-0.3, -0.25) is 4.79 Å². The molecule has 1 atom stereocenters. The molecule has 0 N–H and O–H groups in total. The van der Waals surface area contributed by atoms with Gasteiger partial charge in [-0.25, -0.2) is 4.79 Å². The molecule has 6 heteroatoms. The van der Waals surface area contributed by atoms with Gasteiger partial charge in [-0.15, -0.1) is 11.6 Å². The topological polar surface area (TPSA) is 49.9 Å².